The molecule has 30 heavy (non-hydrogen) atoms. The summed E-state index contributed by atoms with van der Waals surface area (Å²) >= 11 is 0. The van der Waals surface area contributed by atoms with E-state index in [0.29, 0.717) is 25.6 Å². The van der Waals surface area contributed by atoms with E-state index in [1.807, 2.05) is 30.0 Å². The highest BCUT2D eigenvalue weighted by atomic mass is 16.5. The van der Waals surface area contributed by atoms with Gasteiger partial charge in [-0.05, 0) is 69.2 Å². The Balaban J connectivity index is 1.38. The molecule has 1 aromatic carbocycles. The lowest BCUT2D eigenvalue weighted by molar-refractivity contribution is -0.149. The first-order valence-corrected chi connectivity index (χ1v) is 11.0. The van der Waals surface area contributed by atoms with Crippen LogP contribution in [0, 0.1) is 11.8 Å². The van der Waals surface area contributed by atoms with E-state index in [2.05, 4.69) is 41.2 Å². The lowest BCUT2D eigenvalue weighted by atomic mass is 9.82. The molecule has 1 saturated carbocycles. The summed E-state index contributed by atoms with van der Waals surface area (Å²) in [6, 6.07) is 12.3. The zero-order chi connectivity index (χ0) is 21.1. The number of esters is 1. The van der Waals surface area contributed by atoms with Crippen LogP contribution in [0.2, 0.25) is 0 Å². The maximum atomic E-state index is 13.1. The number of para-hydroxylation sites is 1. The number of ether oxygens (including phenoxy) is 1. The average molecular weight is 410 g/mol. The molecule has 1 aliphatic heterocycles. The zero-order valence-corrected chi connectivity index (χ0v) is 17.8. The number of benzene rings is 1. The minimum absolute atomic E-state index is 0.0202. The van der Waals surface area contributed by atoms with Crippen LogP contribution in [-0.2, 0) is 16.1 Å². The summed E-state index contributed by atoms with van der Waals surface area (Å²) in [4.78, 5) is 27.0. The van der Waals surface area contributed by atoms with E-state index < -0.39 is 0 Å². The molecule has 160 valence electrons. The molecule has 2 aliphatic rings. The molecule has 0 bridgehead atoms. The molecule has 1 fully saturated rings. The summed E-state index contributed by atoms with van der Waals surface area (Å²) in [5, 5.41) is 3.16. The van der Waals surface area contributed by atoms with Crippen molar-refractivity contribution in [3.8, 4) is 5.69 Å². The summed E-state index contributed by atoms with van der Waals surface area (Å²) in [6.07, 6.45) is 5.66. The fraction of sp³-hybridized carbons (Fsp3) is 0.500. The van der Waals surface area contributed by atoms with Crippen LogP contribution < -0.4 is 5.32 Å². The van der Waals surface area contributed by atoms with Gasteiger partial charge in [-0.3, -0.25) is 4.79 Å². The van der Waals surface area contributed by atoms with Gasteiger partial charge in [0.25, 0.3) is 0 Å². The predicted molar refractivity (Wildman–Crippen MR) is 115 cm³/mol. The number of hydrogen-bond acceptors (Lipinski definition) is 3. The van der Waals surface area contributed by atoms with Crippen molar-refractivity contribution in [3.05, 3.63) is 53.9 Å². The summed E-state index contributed by atoms with van der Waals surface area (Å²) in [5.41, 5.74) is 3.39. The molecule has 4 rings (SSSR count). The average Bonchev–Trinajstić information content (AvgIpc) is 3.22. The minimum atomic E-state index is -0.0694. The number of amides is 2. The van der Waals surface area contributed by atoms with E-state index in [1.54, 1.807) is 0 Å². The first-order valence-electron chi connectivity index (χ1n) is 11.0. The van der Waals surface area contributed by atoms with Crippen LogP contribution in [0.25, 0.3) is 5.69 Å². The first kappa shape index (κ1) is 20.5. The molecule has 1 aliphatic carbocycles. The Morgan fingerprint density at radius 2 is 1.87 bits per heavy atom. The fourth-order valence-corrected chi connectivity index (χ4v) is 4.76. The van der Waals surface area contributed by atoms with Gasteiger partial charge in [0.05, 0.1) is 30.8 Å². The second-order valence-electron chi connectivity index (χ2n) is 8.39. The molecule has 1 N–H and O–H groups in total. The van der Waals surface area contributed by atoms with Crippen LogP contribution in [0.3, 0.4) is 0 Å². The Hall–Kier alpha value is -2.76. The Labute approximate surface area is 178 Å². The Bertz CT molecular complexity index is 899. The van der Waals surface area contributed by atoms with Crippen LogP contribution in [0.5, 0.6) is 0 Å². The van der Waals surface area contributed by atoms with Crippen LogP contribution in [0.15, 0.2) is 42.6 Å². The largest absolute Gasteiger partial charge is 0.466 e. The Morgan fingerprint density at radius 1 is 1.10 bits per heavy atom. The molecule has 0 radical (unpaired) electrons. The first-order chi connectivity index (χ1) is 14.6. The number of carbonyl (C=O) groups is 2. The van der Waals surface area contributed by atoms with Gasteiger partial charge in [-0.25, -0.2) is 4.79 Å². The topological polar surface area (TPSA) is 63.6 Å². The van der Waals surface area contributed by atoms with Gasteiger partial charge in [-0.15, -0.1) is 0 Å². The standard InChI is InChI=1S/C24H31N3O3/c1-3-30-23(28)19-12-10-18(11-13-19)15-25-24(29)27-16-20-7-4-5-8-22(20)26-14-6-9-21(26)17(27)2/h4-9,14,17-19H,3,10-13,15-16H2,1-2H3,(H,25,29)/t17-,18?,19?/m1/s1. The van der Waals surface area contributed by atoms with E-state index in [9.17, 15) is 9.59 Å². The van der Waals surface area contributed by atoms with Gasteiger partial charge >= 0.3 is 12.0 Å². The molecule has 2 aromatic rings. The van der Waals surface area contributed by atoms with E-state index in [4.69, 9.17) is 4.74 Å². The van der Waals surface area contributed by atoms with Crippen LogP contribution >= 0.6 is 0 Å². The Morgan fingerprint density at radius 3 is 2.63 bits per heavy atom. The molecule has 0 saturated heterocycles. The molecule has 6 heteroatoms. The maximum absolute atomic E-state index is 13.1. The molecule has 2 amide bonds. The summed E-state index contributed by atoms with van der Waals surface area (Å²) < 4.78 is 7.34. The molecule has 6 nitrogen and oxygen atoms in total. The summed E-state index contributed by atoms with van der Waals surface area (Å²) in [7, 11) is 0. The highest BCUT2D eigenvalue weighted by Crippen LogP contribution is 2.32. The van der Waals surface area contributed by atoms with E-state index in [0.717, 1.165) is 42.6 Å². The van der Waals surface area contributed by atoms with Crippen molar-refractivity contribution in [1.29, 1.82) is 0 Å². The number of urea groups is 1. The minimum Gasteiger partial charge on any atom is -0.466 e. The number of hydrogen-bond donors (Lipinski definition) is 1. The lowest BCUT2D eigenvalue weighted by Crippen LogP contribution is -2.43. The van der Waals surface area contributed by atoms with Crippen molar-refractivity contribution in [3.63, 3.8) is 0 Å². The van der Waals surface area contributed by atoms with Gasteiger partial charge in [0.15, 0.2) is 0 Å². The number of aromatic nitrogens is 1. The summed E-state index contributed by atoms with van der Waals surface area (Å²) in [5.74, 6) is 0.366. The second-order valence-corrected chi connectivity index (χ2v) is 8.39. The van der Waals surface area contributed by atoms with Crippen molar-refractivity contribution in [1.82, 2.24) is 14.8 Å². The number of nitrogens with one attached hydrogen (secondary N) is 1. The van der Waals surface area contributed by atoms with Crippen molar-refractivity contribution >= 4 is 12.0 Å². The van der Waals surface area contributed by atoms with Gasteiger partial charge in [0.1, 0.15) is 0 Å². The third-order valence-electron chi connectivity index (χ3n) is 6.54. The van der Waals surface area contributed by atoms with Gasteiger partial charge in [0, 0.05) is 18.4 Å². The molecular formula is C24H31N3O3. The van der Waals surface area contributed by atoms with Crippen LogP contribution in [-0.4, -0.2) is 34.6 Å². The monoisotopic (exact) mass is 409 g/mol. The second kappa shape index (κ2) is 8.94. The summed E-state index contributed by atoms with van der Waals surface area (Å²) in [6.45, 7) is 5.61. The molecule has 2 heterocycles. The quantitative estimate of drug-likeness (QED) is 0.760. The third-order valence-corrected chi connectivity index (χ3v) is 6.54. The van der Waals surface area contributed by atoms with Gasteiger partial charge < -0.3 is 19.5 Å². The number of nitrogens with zero attached hydrogens (tertiary/aromatic N) is 2. The number of fused-ring (bicyclic) bond motifs is 3. The van der Waals surface area contributed by atoms with Gasteiger partial charge in [-0.1, -0.05) is 18.2 Å². The van der Waals surface area contributed by atoms with E-state index in [-0.39, 0.29) is 24.0 Å². The highest BCUT2D eigenvalue weighted by molar-refractivity contribution is 5.75. The lowest BCUT2D eigenvalue weighted by Gasteiger charge is -2.30. The Kier molecular flexibility index (Phi) is 6.11. The van der Waals surface area contributed by atoms with Crippen molar-refractivity contribution < 1.29 is 14.3 Å². The SMILES string of the molecule is CCOC(=O)C1CCC(CNC(=O)N2Cc3ccccc3-n3cccc3[C@H]2C)CC1. The maximum Gasteiger partial charge on any atom is 0.318 e. The van der Waals surface area contributed by atoms with Gasteiger partial charge in [0.2, 0.25) is 0 Å². The smallest absolute Gasteiger partial charge is 0.318 e. The van der Waals surface area contributed by atoms with Crippen LogP contribution in [0.1, 0.15) is 56.8 Å². The van der Waals surface area contributed by atoms with Crippen LogP contribution in [0.4, 0.5) is 4.79 Å². The normalized spacial score (nSPS) is 23.1. The predicted octanol–water partition coefficient (Wildman–Crippen LogP) is 4.43. The fourth-order valence-electron chi connectivity index (χ4n) is 4.76. The number of rotatable bonds is 4. The molecule has 1 atom stereocenters. The van der Waals surface area contributed by atoms with Crippen molar-refractivity contribution in [2.24, 2.45) is 11.8 Å². The molecule has 0 spiro atoms. The number of carbonyl (C=O) groups excluding carboxylic acids is 2. The molecule has 0 unspecified atom stereocenters. The van der Waals surface area contributed by atoms with E-state index in [1.165, 1.54) is 0 Å². The molecule has 1 aromatic heterocycles. The van der Waals surface area contributed by atoms with Crippen molar-refractivity contribution in [2.45, 2.75) is 52.1 Å². The van der Waals surface area contributed by atoms with Gasteiger partial charge in [-0.2, -0.15) is 0 Å². The van der Waals surface area contributed by atoms with Crippen molar-refractivity contribution in [2.75, 3.05) is 13.2 Å². The third kappa shape index (κ3) is 4.09. The molecular weight excluding hydrogens is 378 g/mol. The highest BCUT2D eigenvalue weighted by Gasteiger charge is 2.30. The zero-order valence-electron chi connectivity index (χ0n) is 17.8. The van der Waals surface area contributed by atoms with E-state index >= 15 is 0 Å².